The molecule has 144 valence electrons. The summed E-state index contributed by atoms with van der Waals surface area (Å²) in [6, 6.07) is 5.51. The zero-order valence-electron chi connectivity index (χ0n) is 15.3. The van der Waals surface area contributed by atoms with Crippen LogP contribution in [0.4, 0.5) is 8.78 Å². The van der Waals surface area contributed by atoms with Crippen molar-refractivity contribution < 1.29 is 23.0 Å². The molecule has 28 heavy (non-hydrogen) atoms. The quantitative estimate of drug-likeness (QED) is 0.649. The molecule has 4 rings (SSSR count). The van der Waals surface area contributed by atoms with E-state index in [0.29, 0.717) is 17.7 Å². The molecular weight excluding hydrogens is 366 g/mol. The van der Waals surface area contributed by atoms with Gasteiger partial charge in [-0.2, -0.15) is 0 Å². The van der Waals surface area contributed by atoms with Crippen molar-refractivity contribution in [1.29, 1.82) is 0 Å². The van der Waals surface area contributed by atoms with Gasteiger partial charge in [-0.25, -0.2) is 8.78 Å². The van der Waals surface area contributed by atoms with Gasteiger partial charge >= 0.3 is 0 Å². The fourth-order valence-corrected chi connectivity index (χ4v) is 3.73. The molecule has 2 saturated heterocycles. The Morgan fingerprint density at radius 1 is 1.29 bits per heavy atom. The van der Waals surface area contributed by atoms with Crippen LogP contribution < -0.4 is 10.1 Å². The second-order valence-corrected chi connectivity index (χ2v) is 6.78. The predicted octanol–water partition coefficient (Wildman–Crippen LogP) is 2.33. The van der Waals surface area contributed by atoms with Gasteiger partial charge in [0, 0.05) is 23.2 Å². The van der Waals surface area contributed by atoms with E-state index in [2.05, 4.69) is 22.1 Å². The number of epoxide rings is 1. The first-order valence-electron chi connectivity index (χ1n) is 8.88. The molecule has 0 bridgehead atoms. The van der Waals surface area contributed by atoms with Gasteiger partial charge in [0.2, 0.25) is 5.91 Å². The number of amides is 1. The second kappa shape index (κ2) is 7.21. The number of pyridine rings is 1. The average Bonchev–Trinajstić information content (AvgIpc) is 3.45. The summed E-state index contributed by atoms with van der Waals surface area (Å²) in [7, 11) is 1.43. The Bertz CT molecular complexity index is 982. The zero-order chi connectivity index (χ0) is 19.8. The van der Waals surface area contributed by atoms with Crippen LogP contribution in [0.5, 0.6) is 5.75 Å². The fraction of sp³-hybridized carbons (Fsp3) is 0.333. The van der Waals surface area contributed by atoms with Crippen molar-refractivity contribution in [3.63, 3.8) is 0 Å². The van der Waals surface area contributed by atoms with Crippen LogP contribution in [0.15, 0.2) is 30.5 Å². The van der Waals surface area contributed by atoms with Crippen molar-refractivity contribution in [3.8, 4) is 17.6 Å². The Hall–Kier alpha value is -2.98. The molecule has 2 fully saturated rings. The summed E-state index contributed by atoms with van der Waals surface area (Å²) in [5.41, 5.74) is 1.29. The topological polar surface area (TPSA) is 63.8 Å². The van der Waals surface area contributed by atoms with Crippen LogP contribution in [0.25, 0.3) is 0 Å². The molecule has 3 heterocycles. The largest absolute Gasteiger partial charge is 0.496 e. The standard InChI is InChI=1S/C21H18F2N2O3/c1-3-4-11-7-14(23)17(16(8-11)27-2)18-20-19(28-20)15(25-21(18)26)9-13-6-5-12(22)10-24-13/h5-8,10,15,18-20H,9H2,1-2H3,(H,25,26). The molecule has 2 aliphatic heterocycles. The van der Waals surface area contributed by atoms with Crippen LogP contribution in [-0.4, -0.2) is 36.3 Å². The van der Waals surface area contributed by atoms with E-state index in [9.17, 15) is 13.6 Å². The maximum absolute atomic E-state index is 14.8. The molecule has 0 spiro atoms. The number of halogens is 2. The Morgan fingerprint density at radius 2 is 2.11 bits per heavy atom. The number of hydrogen-bond acceptors (Lipinski definition) is 4. The SMILES string of the molecule is CC#Cc1cc(F)c(C2C(=O)NC(Cc3ccc(F)cn3)C3OC23)c(OC)c1. The van der Waals surface area contributed by atoms with Gasteiger partial charge in [0.25, 0.3) is 0 Å². The Balaban J connectivity index is 1.58. The van der Waals surface area contributed by atoms with E-state index in [0.717, 1.165) is 6.20 Å². The van der Waals surface area contributed by atoms with Gasteiger partial charge in [0.1, 0.15) is 29.6 Å². The number of nitrogens with one attached hydrogen (secondary N) is 1. The number of aromatic nitrogens is 1. The lowest BCUT2D eigenvalue weighted by atomic mass is 9.85. The van der Waals surface area contributed by atoms with Gasteiger partial charge in [-0.05, 0) is 31.2 Å². The minimum absolute atomic E-state index is 0.174. The summed E-state index contributed by atoms with van der Waals surface area (Å²) >= 11 is 0. The monoisotopic (exact) mass is 384 g/mol. The highest BCUT2D eigenvalue weighted by atomic mass is 19.1. The van der Waals surface area contributed by atoms with E-state index in [1.165, 1.54) is 19.2 Å². The van der Waals surface area contributed by atoms with Crippen molar-refractivity contribution in [3.05, 3.63) is 58.9 Å². The van der Waals surface area contributed by atoms with Crippen LogP contribution in [0, 0.1) is 23.5 Å². The lowest BCUT2D eigenvalue weighted by molar-refractivity contribution is -0.124. The number of methoxy groups -OCH3 is 1. The van der Waals surface area contributed by atoms with Gasteiger partial charge in [-0.15, -0.1) is 5.92 Å². The van der Waals surface area contributed by atoms with Gasteiger partial charge in [0.05, 0.1) is 25.3 Å². The van der Waals surface area contributed by atoms with Gasteiger partial charge in [0.15, 0.2) is 0 Å². The van der Waals surface area contributed by atoms with E-state index in [-0.39, 0.29) is 29.4 Å². The minimum atomic E-state index is -0.805. The molecule has 0 aliphatic carbocycles. The molecule has 4 atom stereocenters. The van der Waals surface area contributed by atoms with E-state index in [4.69, 9.17) is 9.47 Å². The molecule has 4 unspecified atom stereocenters. The van der Waals surface area contributed by atoms with Crippen molar-refractivity contribution in [2.45, 2.75) is 37.5 Å². The van der Waals surface area contributed by atoms with E-state index >= 15 is 0 Å². The maximum Gasteiger partial charge on any atom is 0.230 e. The highest BCUT2D eigenvalue weighted by molar-refractivity contribution is 5.87. The zero-order valence-corrected chi connectivity index (χ0v) is 15.3. The normalized spacial score (nSPS) is 25.2. The average molecular weight is 384 g/mol. The molecule has 1 N–H and O–H groups in total. The maximum atomic E-state index is 14.8. The Morgan fingerprint density at radius 3 is 2.79 bits per heavy atom. The molecule has 1 aromatic heterocycles. The van der Waals surface area contributed by atoms with Crippen LogP contribution >= 0.6 is 0 Å². The van der Waals surface area contributed by atoms with E-state index in [1.807, 2.05) is 0 Å². The van der Waals surface area contributed by atoms with Crippen molar-refractivity contribution in [1.82, 2.24) is 10.3 Å². The van der Waals surface area contributed by atoms with Gasteiger partial charge < -0.3 is 14.8 Å². The predicted molar refractivity (Wildman–Crippen MR) is 96.7 cm³/mol. The summed E-state index contributed by atoms with van der Waals surface area (Å²) in [5, 5.41) is 2.89. The number of carbonyl (C=O) groups is 1. The van der Waals surface area contributed by atoms with Crippen molar-refractivity contribution >= 4 is 5.91 Å². The number of nitrogens with zero attached hydrogens (tertiary/aromatic N) is 1. The Kier molecular flexibility index (Phi) is 4.73. The lowest BCUT2D eigenvalue weighted by Crippen LogP contribution is -2.49. The number of carbonyl (C=O) groups excluding carboxylic acids is 1. The number of benzene rings is 1. The third-order valence-electron chi connectivity index (χ3n) is 5.01. The van der Waals surface area contributed by atoms with E-state index < -0.39 is 23.7 Å². The van der Waals surface area contributed by atoms with Gasteiger partial charge in [-0.1, -0.05) is 5.92 Å². The summed E-state index contributed by atoms with van der Waals surface area (Å²) in [5.74, 6) is 3.66. The molecule has 1 aromatic carbocycles. The van der Waals surface area contributed by atoms with Crippen LogP contribution in [-0.2, 0) is 16.0 Å². The minimum Gasteiger partial charge on any atom is -0.496 e. The number of hydrogen-bond donors (Lipinski definition) is 1. The molecule has 2 aromatic rings. The molecule has 0 saturated carbocycles. The number of rotatable bonds is 4. The van der Waals surface area contributed by atoms with Crippen molar-refractivity contribution in [2.75, 3.05) is 7.11 Å². The Labute approximate surface area is 161 Å². The smallest absolute Gasteiger partial charge is 0.230 e. The molecule has 0 radical (unpaired) electrons. The summed E-state index contributed by atoms with van der Waals surface area (Å²) in [6.07, 6.45) is 0.846. The second-order valence-electron chi connectivity index (χ2n) is 6.78. The van der Waals surface area contributed by atoms with Crippen LogP contribution in [0.2, 0.25) is 0 Å². The first-order valence-corrected chi connectivity index (χ1v) is 8.88. The van der Waals surface area contributed by atoms with E-state index in [1.54, 1.807) is 19.1 Å². The van der Waals surface area contributed by atoms with Crippen molar-refractivity contribution in [2.24, 2.45) is 0 Å². The summed E-state index contributed by atoms with van der Waals surface area (Å²) in [4.78, 5) is 16.8. The summed E-state index contributed by atoms with van der Waals surface area (Å²) in [6.45, 7) is 1.66. The fourth-order valence-electron chi connectivity index (χ4n) is 3.73. The lowest BCUT2D eigenvalue weighted by Gasteiger charge is -2.27. The van der Waals surface area contributed by atoms with Gasteiger partial charge in [-0.3, -0.25) is 9.78 Å². The third kappa shape index (κ3) is 3.32. The third-order valence-corrected chi connectivity index (χ3v) is 5.01. The molecule has 7 heteroatoms. The highest BCUT2D eigenvalue weighted by Gasteiger charge is 2.58. The molecule has 1 amide bonds. The first-order chi connectivity index (χ1) is 13.5. The van der Waals surface area contributed by atoms with Crippen LogP contribution in [0.1, 0.15) is 29.7 Å². The highest BCUT2D eigenvalue weighted by Crippen LogP contribution is 2.45. The molecule has 2 aliphatic rings. The molecular formula is C21H18F2N2O3. The molecule has 5 nitrogen and oxygen atoms in total. The number of ether oxygens (including phenoxy) is 2. The summed E-state index contributed by atoms with van der Waals surface area (Å²) < 4.78 is 38.9. The number of piperidine rings is 1. The first kappa shape index (κ1) is 18.4. The number of fused-ring (bicyclic) bond motifs is 1. The van der Waals surface area contributed by atoms with Crippen LogP contribution in [0.3, 0.4) is 0 Å².